The fourth-order valence-electron chi connectivity index (χ4n) is 1.28. The van der Waals surface area contributed by atoms with Crippen LogP contribution < -0.4 is 10.5 Å². The summed E-state index contributed by atoms with van der Waals surface area (Å²) < 4.78 is 19.9. The van der Waals surface area contributed by atoms with Crippen molar-refractivity contribution in [2.24, 2.45) is 7.05 Å². The molecule has 0 saturated heterocycles. The summed E-state index contributed by atoms with van der Waals surface area (Å²) in [5.74, 6) is -0.247. The Morgan fingerprint density at radius 3 is 2.80 bits per heavy atom. The second-order valence-electron chi connectivity index (χ2n) is 2.99. The number of hydrogen-bond acceptors (Lipinski definition) is 4. The fraction of sp³-hybridized carbons (Fsp3) is 0.250. The van der Waals surface area contributed by atoms with E-state index in [-0.39, 0.29) is 11.5 Å². The molecule has 7 heteroatoms. The Bertz CT molecular complexity index is 489. The van der Waals surface area contributed by atoms with Gasteiger partial charge >= 0.3 is 0 Å². The number of ether oxygens (including phenoxy) is 1. The SMILES string of the molecule is COc1cc(-c2[nH]nc(N)c2F)nn1C. The molecule has 0 aliphatic carbocycles. The zero-order valence-electron chi connectivity index (χ0n) is 8.28. The Hall–Kier alpha value is -2.05. The Kier molecular flexibility index (Phi) is 2.07. The highest BCUT2D eigenvalue weighted by Crippen LogP contribution is 2.25. The van der Waals surface area contributed by atoms with Crippen molar-refractivity contribution in [2.75, 3.05) is 12.8 Å². The third-order valence-electron chi connectivity index (χ3n) is 2.03. The minimum atomic E-state index is -0.601. The lowest BCUT2D eigenvalue weighted by atomic mass is 10.3. The second kappa shape index (κ2) is 3.26. The van der Waals surface area contributed by atoms with Crippen LogP contribution in [0.25, 0.3) is 11.4 Å². The lowest BCUT2D eigenvalue weighted by molar-refractivity contribution is 0.373. The van der Waals surface area contributed by atoms with Crippen LogP contribution >= 0.6 is 0 Å². The molecule has 0 unspecified atom stereocenters. The van der Waals surface area contributed by atoms with E-state index in [0.717, 1.165) is 0 Å². The monoisotopic (exact) mass is 211 g/mol. The largest absolute Gasteiger partial charge is 0.481 e. The number of H-pyrrole nitrogens is 1. The second-order valence-corrected chi connectivity index (χ2v) is 2.99. The number of nitrogen functional groups attached to an aromatic ring is 1. The van der Waals surface area contributed by atoms with E-state index in [1.807, 2.05) is 0 Å². The first-order valence-electron chi connectivity index (χ1n) is 4.21. The lowest BCUT2D eigenvalue weighted by Crippen LogP contribution is -1.94. The van der Waals surface area contributed by atoms with E-state index in [9.17, 15) is 4.39 Å². The Balaban J connectivity index is 2.50. The molecule has 0 fully saturated rings. The molecular weight excluding hydrogens is 201 g/mol. The van der Waals surface area contributed by atoms with Gasteiger partial charge in [-0.15, -0.1) is 0 Å². The highest BCUT2D eigenvalue weighted by Gasteiger charge is 2.16. The number of halogens is 1. The summed E-state index contributed by atoms with van der Waals surface area (Å²) >= 11 is 0. The summed E-state index contributed by atoms with van der Waals surface area (Å²) in [6.07, 6.45) is 0. The predicted molar refractivity (Wildman–Crippen MR) is 51.7 cm³/mol. The van der Waals surface area contributed by atoms with Gasteiger partial charge < -0.3 is 10.5 Å². The minimum Gasteiger partial charge on any atom is -0.481 e. The van der Waals surface area contributed by atoms with Gasteiger partial charge in [0.2, 0.25) is 5.88 Å². The molecule has 3 N–H and O–H groups in total. The number of methoxy groups -OCH3 is 1. The molecule has 0 spiro atoms. The van der Waals surface area contributed by atoms with E-state index in [2.05, 4.69) is 15.3 Å². The van der Waals surface area contributed by atoms with E-state index in [4.69, 9.17) is 10.5 Å². The van der Waals surface area contributed by atoms with Crippen LogP contribution in [0.5, 0.6) is 5.88 Å². The summed E-state index contributed by atoms with van der Waals surface area (Å²) in [5, 5.41) is 10.1. The number of aromatic nitrogens is 4. The topological polar surface area (TPSA) is 81.8 Å². The fourth-order valence-corrected chi connectivity index (χ4v) is 1.28. The number of aryl methyl sites for hydroxylation is 1. The first-order valence-corrected chi connectivity index (χ1v) is 4.21. The van der Waals surface area contributed by atoms with Crippen LogP contribution in [-0.4, -0.2) is 27.1 Å². The number of rotatable bonds is 2. The van der Waals surface area contributed by atoms with E-state index in [1.54, 1.807) is 13.1 Å². The summed E-state index contributed by atoms with van der Waals surface area (Å²) in [7, 11) is 3.21. The van der Waals surface area contributed by atoms with Crippen molar-refractivity contribution in [2.45, 2.75) is 0 Å². The smallest absolute Gasteiger partial charge is 0.211 e. The van der Waals surface area contributed by atoms with Crippen LogP contribution in [-0.2, 0) is 7.05 Å². The van der Waals surface area contributed by atoms with Gasteiger partial charge in [-0.1, -0.05) is 0 Å². The standard InChI is InChI=1S/C8H10FN5O/c1-14-5(15-2)3-4(13-14)7-6(9)8(10)12-11-7/h3H,1-2H3,(H3,10,11,12). The van der Waals surface area contributed by atoms with Crippen molar-refractivity contribution in [1.82, 2.24) is 20.0 Å². The average Bonchev–Trinajstić information content (AvgIpc) is 2.72. The zero-order chi connectivity index (χ0) is 11.0. The van der Waals surface area contributed by atoms with Gasteiger partial charge in [0.25, 0.3) is 0 Å². The van der Waals surface area contributed by atoms with Crippen LogP contribution in [0.2, 0.25) is 0 Å². The molecule has 80 valence electrons. The van der Waals surface area contributed by atoms with E-state index >= 15 is 0 Å². The number of nitrogens with one attached hydrogen (secondary N) is 1. The number of hydrogen-bond donors (Lipinski definition) is 2. The average molecular weight is 211 g/mol. The van der Waals surface area contributed by atoms with Crippen LogP contribution in [0.4, 0.5) is 10.2 Å². The van der Waals surface area contributed by atoms with Crippen molar-refractivity contribution in [3.8, 4) is 17.3 Å². The third kappa shape index (κ3) is 1.41. The van der Waals surface area contributed by atoms with Gasteiger partial charge in [0, 0.05) is 13.1 Å². The third-order valence-corrected chi connectivity index (χ3v) is 2.03. The molecule has 0 amide bonds. The lowest BCUT2D eigenvalue weighted by Gasteiger charge is -1.95. The highest BCUT2D eigenvalue weighted by molar-refractivity contribution is 5.60. The molecular formula is C8H10FN5O. The molecule has 2 aromatic rings. The van der Waals surface area contributed by atoms with Crippen LogP contribution in [0.3, 0.4) is 0 Å². The quantitative estimate of drug-likeness (QED) is 0.759. The van der Waals surface area contributed by atoms with Crippen molar-refractivity contribution in [3.05, 3.63) is 11.9 Å². The maximum Gasteiger partial charge on any atom is 0.211 e. The molecule has 0 aliphatic heterocycles. The molecule has 0 saturated carbocycles. The van der Waals surface area contributed by atoms with E-state index < -0.39 is 5.82 Å². The number of nitrogens with two attached hydrogens (primary N) is 1. The van der Waals surface area contributed by atoms with Crippen molar-refractivity contribution < 1.29 is 9.13 Å². The maximum atomic E-state index is 13.4. The summed E-state index contributed by atoms with van der Waals surface area (Å²) in [6.45, 7) is 0. The highest BCUT2D eigenvalue weighted by atomic mass is 19.1. The zero-order valence-corrected chi connectivity index (χ0v) is 8.28. The Morgan fingerprint density at radius 1 is 1.60 bits per heavy atom. The van der Waals surface area contributed by atoms with Crippen LogP contribution in [0.1, 0.15) is 0 Å². The van der Waals surface area contributed by atoms with E-state index in [1.165, 1.54) is 11.8 Å². The first kappa shape index (κ1) is 9.50. The van der Waals surface area contributed by atoms with Gasteiger partial charge in [0.15, 0.2) is 11.6 Å². The summed E-state index contributed by atoms with van der Waals surface area (Å²) in [4.78, 5) is 0. The molecule has 15 heavy (non-hydrogen) atoms. The number of nitrogens with zero attached hydrogens (tertiary/aromatic N) is 3. The Labute approximate surface area is 84.8 Å². The molecule has 0 radical (unpaired) electrons. The molecule has 0 bridgehead atoms. The van der Waals surface area contributed by atoms with Gasteiger partial charge in [-0.05, 0) is 0 Å². The number of aromatic amines is 1. The van der Waals surface area contributed by atoms with Gasteiger partial charge in [-0.3, -0.25) is 5.10 Å². The van der Waals surface area contributed by atoms with Crippen LogP contribution in [0, 0.1) is 5.82 Å². The predicted octanol–water partition coefficient (Wildman–Crippen LogP) is 0.540. The molecule has 2 heterocycles. The van der Waals surface area contributed by atoms with Gasteiger partial charge in [-0.25, -0.2) is 9.07 Å². The van der Waals surface area contributed by atoms with Crippen LogP contribution in [0.15, 0.2) is 6.07 Å². The van der Waals surface area contributed by atoms with Crippen molar-refractivity contribution >= 4 is 5.82 Å². The molecule has 6 nitrogen and oxygen atoms in total. The van der Waals surface area contributed by atoms with E-state index in [0.29, 0.717) is 11.6 Å². The molecule has 0 aromatic carbocycles. The minimum absolute atomic E-state index is 0.159. The van der Waals surface area contributed by atoms with Gasteiger partial charge in [0.1, 0.15) is 11.4 Å². The molecule has 0 atom stereocenters. The normalized spacial score (nSPS) is 10.6. The number of anilines is 1. The summed E-state index contributed by atoms with van der Waals surface area (Å²) in [6, 6.07) is 1.59. The van der Waals surface area contributed by atoms with Crippen molar-refractivity contribution in [1.29, 1.82) is 0 Å². The van der Waals surface area contributed by atoms with Gasteiger partial charge in [0.05, 0.1) is 7.11 Å². The maximum absolute atomic E-state index is 13.4. The molecule has 2 aromatic heterocycles. The molecule has 2 rings (SSSR count). The Morgan fingerprint density at radius 2 is 2.33 bits per heavy atom. The first-order chi connectivity index (χ1) is 7.13. The van der Waals surface area contributed by atoms with Crippen molar-refractivity contribution in [3.63, 3.8) is 0 Å². The molecule has 0 aliphatic rings. The van der Waals surface area contributed by atoms with Gasteiger partial charge in [-0.2, -0.15) is 10.2 Å². The summed E-state index contributed by atoms with van der Waals surface area (Å²) in [5.41, 5.74) is 5.83.